The second kappa shape index (κ2) is 7.37. The van der Waals surface area contributed by atoms with E-state index in [9.17, 15) is 21.6 Å². The highest BCUT2D eigenvalue weighted by Gasteiger charge is 2.34. The zero-order valence-electron chi connectivity index (χ0n) is 14.1. The van der Waals surface area contributed by atoms with Crippen LogP contribution in [0.2, 0.25) is 0 Å². The summed E-state index contributed by atoms with van der Waals surface area (Å²) in [5.74, 6) is 0.184. The first kappa shape index (κ1) is 19.8. The van der Waals surface area contributed by atoms with E-state index < -0.39 is 32.2 Å². The molecule has 140 valence electrons. The average molecular weight is 386 g/mol. The molecule has 1 atom stereocenters. The molecular formula is C16H17F3N4O2S. The van der Waals surface area contributed by atoms with Gasteiger partial charge in [-0.3, -0.25) is 9.82 Å². The van der Waals surface area contributed by atoms with Crippen molar-refractivity contribution in [2.45, 2.75) is 43.7 Å². The molecule has 0 saturated heterocycles. The minimum absolute atomic E-state index is 0.0290. The van der Waals surface area contributed by atoms with Crippen LogP contribution in [-0.2, 0) is 16.2 Å². The predicted octanol–water partition coefficient (Wildman–Crippen LogP) is 4.00. The third-order valence-corrected chi connectivity index (χ3v) is 5.17. The number of alkyl halides is 3. The van der Waals surface area contributed by atoms with E-state index in [1.165, 1.54) is 12.1 Å². The summed E-state index contributed by atoms with van der Waals surface area (Å²) < 4.78 is 65.4. The Balaban J connectivity index is 2.30. The van der Waals surface area contributed by atoms with Crippen LogP contribution in [0.3, 0.4) is 0 Å². The van der Waals surface area contributed by atoms with E-state index in [1.54, 1.807) is 0 Å². The molecule has 0 amide bonds. The van der Waals surface area contributed by atoms with Crippen LogP contribution in [0.15, 0.2) is 29.2 Å². The molecular weight excluding hydrogens is 369 g/mol. The first-order valence-electron chi connectivity index (χ1n) is 7.78. The second-order valence-electron chi connectivity index (χ2n) is 5.82. The smallest absolute Gasteiger partial charge is 0.280 e. The van der Waals surface area contributed by atoms with Gasteiger partial charge in [-0.05, 0) is 30.5 Å². The summed E-state index contributed by atoms with van der Waals surface area (Å²) in [6.07, 6.45) is -2.91. The average Bonchev–Trinajstić information content (AvgIpc) is 3.01. The van der Waals surface area contributed by atoms with Gasteiger partial charge in [-0.2, -0.15) is 23.5 Å². The molecule has 10 heteroatoms. The van der Waals surface area contributed by atoms with Crippen molar-refractivity contribution in [1.29, 1.82) is 5.26 Å². The second-order valence-corrected chi connectivity index (χ2v) is 7.50. The number of aromatic amines is 1. The lowest BCUT2D eigenvalue weighted by molar-refractivity contribution is -0.137. The van der Waals surface area contributed by atoms with E-state index in [0.717, 1.165) is 24.6 Å². The van der Waals surface area contributed by atoms with Gasteiger partial charge in [-0.15, -0.1) is 0 Å². The van der Waals surface area contributed by atoms with Gasteiger partial charge in [0.2, 0.25) is 0 Å². The van der Waals surface area contributed by atoms with Gasteiger partial charge in [0, 0.05) is 11.8 Å². The number of rotatable bonds is 6. The molecule has 0 aliphatic carbocycles. The summed E-state index contributed by atoms with van der Waals surface area (Å²) in [5, 5.41) is 15.5. The third-order valence-electron chi connectivity index (χ3n) is 3.82. The molecule has 1 heterocycles. The van der Waals surface area contributed by atoms with Crippen LogP contribution in [0.1, 0.15) is 49.4 Å². The number of nitrogens with one attached hydrogen (secondary N) is 2. The Hall–Kier alpha value is -2.54. The maximum atomic E-state index is 12.8. The van der Waals surface area contributed by atoms with Crippen LogP contribution in [0.4, 0.5) is 19.0 Å². The van der Waals surface area contributed by atoms with E-state index in [1.807, 2.05) is 13.8 Å². The molecule has 1 aromatic carbocycles. The SMILES string of the molecule is CCCC(C)c1cc(NS(=O)(=O)c2ccc(C(F)(F)F)c(C#N)c2)n[nH]1. The number of aromatic nitrogens is 2. The minimum atomic E-state index is -4.74. The van der Waals surface area contributed by atoms with Gasteiger partial charge in [-0.1, -0.05) is 20.3 Å². The lowest BCUT2D eigenvalue weighted by Gasteiger charge is -2.11. The molecule has 0 fully saturated rings. The Morgan fingerprint density at radius 2 is 2.04 bits per heavy atom. The van der Waals surface area contributed by atoms with Crippen LogP contribution in [-0.4, -0.2) is 18.6 Å². The molecule has 26 heavy (non-hydrogen) atoms. The normalized spacial score (nSPS) is 13.2. The van der Waals surface area contributed by atoms with E-state index in [-0.39, 0.29) is 11.7 Å². The first-order valence-corrected chi connectivity index (χ1v) is 9.26. The first-order chi connectivity index (χ1) is 12.1. The molecule has 0 spiro atoms. The summed E-state index contributed by atoms with van der Waals surface area (Å²) in [4.78, 5) is -0.451. The summed E-state index contributed by atoms with van der Waals surface area (Å²) in [5.41, 5.74) is -1.20. The molecule has 1 aromatic heterocycles. The monoisotopic (exact) mass is 386 g/mol. The number of nitriles is 1. The molecule has 2 N–H and O–H groups in total. The van der Waals surface area contributed by atoms with Crippen LogP contribution < -0.4 is 4.72 Å². The molecule has 0 saturated carbocycles. The summed E-state index contributed by atoms with van der Waals surface area (Å²) in [6, 6.07) is 4.99. The number of halogens is 3. The fraction of sp³-hybridized carbons (Fsp3) is 0.375. The molecule has 0 bridgehead atoms. The maximum absolute atomic E-state index is 12.8. The minimum Gasteiger partial charge on any atom is -0.280 e. The van der Waals surface area contributed by atoms with Crippen molar-refractivity contribution in [3.05, 3.63) is 41.1 Å². The molecule has 0 radical (unpaired) electrons. The zero-order valence-corrected chi connectivity index (χ0v) is 14.9. The van der Waals surface area contributed by atoms with Crippen molar-refractivity contribution >= 4 is 15.8 Å². The molecule has 6 nitrogen and oxygen atoms in total. The Kier molecular flexibility index (Phi) is 5.61. The zero-order chi connectivity index (χ0) is 19.5. The van der Waals surface area contributed by atoms with E-state index in [0.29, 0.717) is 12.1 Å². The Bertz CT molecular complexity index is 930. The molecule has 1 unspecified atom stereocenters. The standard InChI is InChI=1S/C16H17F3N4O2S/c1-3-4-10(2)14-8-15(22-21-14)23-26(24,25)12-5-6-13(16(17,18)19)11(7-12)9-20/h5-8,10H,3-4H2,1-2H3,(H2,21,22,23). The highest BCUT2D eigenvalue weighted by atomic mass is 32.2. The fourth-order valence-electron chi connectivity index (χ4n) is 2.46. The quantitative estimate of drug-likeness (QED) is 0.784. The molecule has 0 aliphatic rings. The Morgan fingerprint density at radius 3 is 2.62 bits per heavy atom. The third kappa shape index (κ3) is 4.35. The van der Waals surface area contributed by atoms with Crippen LogP contribution >= 0.6 is 0 Å². The van der Waals surface area contributed by atoms with Gasteiger partial charge in [0.25, 0.3) is 10.0 Å². The maximum Gasteiger partial charge on any atom is 0.417 e. The summed E-state index contributed by atoms with van der Waals surface area (Å²) >= 11 is 0. The van der Waals surface area contributed by atoms with Crippen molar-refractivity contribution in [3.63, 3.8) is 0 Å². The summed E-state index contributed by atoms with van der Waals surface area (Å²) in [6.45, 7) is 3.98. The lowest BCUT2D eigenvalue weighted by atomic mass is 10.0. The Morgan fingerprint density at radius 1 is 1.35 bits per heavy atom. The van der Waals surface area contributed by atoms with Gasteiger partial charge >= 0.3 is 6.18 Å². The number of sulfonamides is 1. The van der Waals surface area contributed by atoms with E-state index >= 15 is 0 Å². The number of nitrogens with zero attached hydrogens (tertiary/aromatic N) is 2. The highest BCUT2D eigenvalue weighted by molar-refractivity contribution is 7.92. The number of anilines is 1. The van der Waals surface area contributed by atoms with Gasteiger partial charge in [-0.25, -0.2) is 8.42 Å². The van der Waals surface area contributed by atoms with Gasteiger partial charge < -0.3 is 0 Å². The highest BCUT2D eigenvalue weighted by Crippen LogP contribution is 2.33. The topological polar surface area (TPSA) is 98.6 Å². The van der Waals surface area contributed by atoms with Crippen molar-refractivity contribution < 1.29 is 21.6 Å². The molecule has 0 aliphatic heterocycles. The number of hydrogen-bond acceptors (Lipinski definition) is 4. The van der Waals surface area contributed by atoms with Crippen molar-refractivity contribution in [2.75, 3.05) is 4.72 Å². The fourth-order valence-corrected chi connectivity index (χ4v) is 3.47. The van der Waals surface area contributed by atoms with Crippen LogP contribution in [0.25, 0.3) is 0 Å². The molecule has 2 aromatic rings. The van der Waals surface area contributed by atoms with Crippen LogP contribution in [0.5, 0.6) is 0 Å². The molecule has 2 rings (SSSR count). The number of H-pyrrole nitrogens is 1. The van der Waals surface area contributed by atoms with Gasteiger partial charge in [0.1, 0.15) is 0 Å². The van der Waals surface area contributed by atoms with E-state index in [2.05, 4.69) is 14.9 Å². The predicted molar refractivity (Wildman–Crippen MR) is 88.9 cm³/mol. The van der Waals surface area contributed by atoms with Crippen molar-refractivity contribution in [3.8, 4) is 6.07 Å². The van der Waals surface area contributed by atoms with E-state index in [4.69, 9.17) is 5.26 Å². The summed E-state index contributed by atoms with van der Waals surface area (Å²) in [7, 11) is -4.18. The van der Waals surface area contributed by atoms with Crippen molar-refractivity contribution in [2.24, 2.45) is 0 Å². The van der Waals surface area contributed by atoms with Gasteiger partial charge in [0.05, 0.1) is 22.1 Å². The van der Waals surface area contributed by atoms with Gasteiger partial charge in [0.15, 0.2) is 5.82 Å². The number of hydrogen-bond donors (Lipinski definition) is 2. The Labute approximate surface area is 149 Å². The van der Waals surface area contributed by atoms with Crippen molar-refractivity contribution in [1.82, 2.24) is 10.2 Å². The largest absolute Gasteiger partial charge is 0.417 e. The van der Waals surface area contributed by atoms with Crippen LogP contribution in [0, 0.1) is 11.3 Å². The lowest BCUT2D eigenvalue weighted by Crippen LogP contribution is -2.15. The number of benzene rings is 1.